The molecule has 0 radical (unpaired) electrons. The third-order valence-electron chi connectivity index (χ3n) is 2.63. The van der Waals surface area contributed by atoms with Crippen molar-refractivity contribution in [2.75, 3.05) is 11.9 Å². The summed E-state index contributed by atoms with van der Waals surface area (Å²) in [5, 5.41) is 5.25. The van der Waals surface area contributed by atoms with Gasteiger partial charge in [0.15, 0.2) is 5.13 Å². The molecule has 0 spiro atoms. The van der Waals surface area contributed by atoms with E-state index in [2.05, 4.69) is 10.3 Å². The van der Waals surface area contributed by atoms with Crippen LogP contribution in [0.4, 0.5) is 5.13 Å². The Morgan fingerprint density at radius 1 is 1.81 bits per heavy atom. The van der Waals surface area contributed by atoms with Crippen molar-refractivity contribution in [2.24, 2.45) is 5.92 Å². The quantitative estimate of drug-likeness (QED) is 0.848. The molecule has 1 aliphatic heterocycles. The molecule has 2 unspecified atom stereocenters. The van der Waals surface area contributed by atoms with Crippen LogP contribution in [0.1, 0.15) is 19.0 Å². The van der Waals surface area contributed by atoms with Crippen LogP contribution in [-0.4, -0.2) is 23.6 Å². The first-order valence-electron chi connectivity index (χ1n) is 5.13. The first-order chi connectivity index (χ1) is 7.70. The van der Waals surface area contributed by atoms with Gasteiger partial charge >= 0.3 is 0 Å². The van der Waals surface area contributed by atoms with Crippen molar-refractivity contribution in [3.05, 3.63) is 11.1 Å². The topological polar surface area (TPSA) is 51.2 Å². The first-order valence-corrected chi connectivity index (χ1v) is 6.55. The van der Waals surface area contributed by atoms with E-state index in [-0.39, 0.29) is 17.9 Å². The molecule has 0 bridgehead atoms. The summed E-state index contributed by atoms with van der Waals surface area (Å²) in [7, 11) is 0. The van der Waals surface area contributed by atoms with Gasteiger partial charge in [0, 0.05) is 12.0 Å². The number of halogens is 1. The summed E-state index contributed by atoms with van der Waals surface area (Å²) in [6, 6.07) is 0. The number of thiazole rings is 1. The lowest BCUT2D eigenvalue weighted by molar-refractivity contribution is -0.121. The Labute approximate surface area is 103 Å². The van der Waals surface area contributed by atoms with Crippen LogP contribution in [0.2, 0.25) is 0 Å². The number of nitrogens with zero attached hydrogens (tertiary/aromatic N) is 1. The molecular formula is C10H13ClN2O2S. The molecule has 1 aliphatic rings. The maximum atomic E-state index is 11.9. The minimum atomic E-state index is -0.0663. The molecule has 2 atom stereocenters. The smallest absolute Gasteiger partial charge is 0.231 e. The van der Waals surface area contributed by atoms with Gasteiger partial charge in [0.2, 0.25) is 5.91 Å². The maximum absolute atomic E-state index is 11.9. The van der Waals surface area contributed by atoms with E-state index in [1.807, 2.05) is 12.3 Å². The number of carbonyl (C=O) groups is 1. The Bertz CT molecular complexity index is 383. The van der Waals surface area contributed by atoms with Crippen molar-refractivity contribution in [1.29, 1.82) is 0 Å². The maximum Gasteiger partial charge on any atom is 0.231 e. The lowest BCUT2D eigenvalue weighted by Crippen LogP contribution is -2.27. The second-order valence-electron chi connectivity index (χ2n) is 3.74. The van der Waals surface area contributed by atoms with Crippen molar-refractivity contribution in [3.63, 3.8) is 0 Å². The van der Waals surface area contributed by atoms with Crippen LogP contribution < -0.4 is 5.32 Å². The van der Waals surface area contributed by atoms with Crippen molar-refractivity contribution in [1.82, 2.24) is 4.98 Å². The van der Waals surface area contributed by atoms with Gasteiger partial charge in [-0.3, -0.25) is 4.79 Å². The number of ether oxygens (including phenoxy) is 1. The molecule has 1 fully saturated rings. The van der Waals surface area contributed by atoms with Crippen LogP contribution in [-0.2, 0) is 15.4 Å². The van der Waals surface area contributed by atoms with Gasteiger partial charge in [0.05, 0.1) is 23.6 Å². The summed E-state index contributed by atoms with van der Waals surface area (Å²) in [5.74, 6) is 0.291. The number of rotatable bonds is 3. The van der Waals surface area contributed by atoms with E-state index >= 15 is 0 Å². The highest BCUT2D eigenvalue weighted by Gasteiger charge is 2.31. The lowest BCUT2D eigenvalue weighted by Gasteiger charge is -2.12. The largest absolute Gasteiger partial charge is 0.378 e. The summed E-state index contributed by atoms with van der Waals surface area (Å²) >= 11 is 7.03. The molecule has 16 heavy (non-hydrogen) atoms. The van der Waals surface area contributed by atoms with Crippen molar-refractivity contribution >= 4 is 34.0 Å². The third-order valence-corrected chi connectivity index (χ3v) is 3.71. The average molecular weight is 261 g/mol. The number of anilines is 1. The molecule has 0 saturated carbocycles. The van der Waals surface area contributed by atoms with Gasteiger partial charge in [-0.05, 0) is 13.3 Å². The number of carbonyl (C=O) groups excluding carboxylic acids is 1. The van der Waals surface area contributed by atoms with Gasteiger partial charge in [-0.15, -0.1) is 22.9 Å². The SMILES string of the molecule is CC1OCCC1C(=O)Nc1nc(CCl)cs1. The number of amides is 1. The minimum absolute atomic E-state index is 0.00698. The Morgan fingerprint density at radius 3 is 3.19 bits per heavy atom. The summed E-state index contributed by atoms with van der Waals surface area (Å²) in [4.78, 5) is 16.0. The number of hydrogen-bond donors (Lipinski definition) is 1. The highest BCUT2D eigenvalue weighted by molar-refractivity contribution is 7.13. The van der Waals surface area contributed by atoms with Crippen LogP contribution >= 0.6 is 22.9 Å². The zero-order chi connectivity index (χ0) is 11.5. The first kappa shape index (κ1) is 11.8. The number of nitrogens with one attached hydrogen (secondary N) is 1. The van der Waals surface area contributed by atoms with E-state index in [9.17, 15) is 4.79 Å². The van der Waals surface area contributed by atoms with Crippen molar-refractivity contribution in [3.8, 4) is 0 Å². The molecule has 1 N–H and O–H groups in total. The number of aromatic nitrogens is 1. The van der Waals surface area contributed by atoms with Gasteiger partial charge < -0.3 is 10.1 Å². The molecule has 6 heteroatoms. The molecule has 1 amide bonds. The van der Waals surface area contributed by atoms with Crippen LogP contribution in [0, 0.1) is 5.92 Å². The van der Waals surface area contributed by atoms with Crippen LogP contribution in [0.25, 0.3) is 0 Å². The highest BCUT2D eigenvalue weighted by Crippen LogP contribution is 2.23. The summed E-state index contributed by atoms with van der Waals surface area (Å²) in [6.45, 7) is 2.58. The molecule has 1 saturated heterocycles. The van der Waals surface area contributed by atoms with Crippen LogP contribution in [0.3, 0.4) is 0 Å². The van der Waals surface area contributed by atoms with Gasteiger partial charge in [0.1, 0.15) is 0 Å². The van der Waals surface area contributed by atoms with Gasteiger partial charge in [-0.25, -0.2) is 4.98 Å². The molecule has 88 valence electrons. The fourth-order valence-corrected chi connectivity index (χ4v) is 2.64. The van der Waals surface area contributed by atoms with E-state index in [0.29, 0.717) is 17.6 Å². The van der Waals surface area contributed by atoms with Crippen LogP contribution in [0.15, 0.2) is 5.38 Å². The van der Waals surface area contributed by atoms with Gasteiger partial charge in [0.25, 0.3) is 0 Å². The molecule has 4 nitrogen and oxygen atoms in total. The fraction of sp³-hybridized carbons (Fsp3) is 0.600. The molecule has 1 aromatic heterocycles. The molecule has 1 aromatic rings. The summed E-state index contributed by atoms with van der Waals surface area (Å²) < 4.78 is 5.35. The van der Waals surface area contributed by atoms with E-state index in [1.54, 1.807) is 0 Å². The normalized spacial score (nSPS) is 24.6. The van der Waals surface area contributed by atoms with Crippen LogP contribution in [0.5, 0.6) is 0 Å². The second kappa shape index (κ2) is 5.12. The van der Waals surface area contributed by atoms with E-state index < -0.39 is 0 Å². The zero-order valence-corrected chi connectivity index (χ0v) is 10.5. The number of alkyl halides is 1. The third kappa shape index (κ3) is 2.53. The van der Waals surface area contributed by atoms with E-state index in [1.165, 1.54) is 11.3 Å². The Balaban J connectivity index is 1.96. The second-order valence-corrected chi connectivity index (χ2v) is 4.86. The average Bonchev–Trinajstić information content (AvgIpc) is 2.86. The Kier molecular flexibility index (Phi) is 3.78. The van der Waals surface area contributed by atoms with Crippen molar-refractivity contribution < 1.29 is 9.53 Å². The van der Waals surface area contributed by atoms with E-state index in [4.69, 9.17) is 16.3 Å². The Hall–Kier alpha value is -0.650. The summed E-state index contributed by atoms with van der Waals surface area (Å²) in [6.07, 6.45) is 0.772. The van der Waals surface area contributed by atoms with Gasteiger partial charge in [-0.1, -0.05) is 0 Å². The molecular weight excluding hydrogens is 248 g/mol. The highest BCUT2D eigenvalue weighted by atomic mass is 35.5. The van der Waals surface area contributed by atoms with Gasteiger partial charge in [-0.2, -0.15) is 0 Å². The molecule has 0 aromatic carbocycles. The molecule has 2 rings (SSSR count). The van der Waals surface area contributed by atoms with E-state index in [0.717, 1.165) is 12.1 Å². The standard InChI is InChI=1S/C10H13ClN2O2S/c1-6-8(2-3-15-6)9(14)13-10-12-7(4-11)5-16-10/h5-6,8H,2-4H2,1H3,(H,12,13,14). The molecule has 0 aliphatic carbocycles. The zero-order valence-electron chi connectivity index (χ0n) is 8.90. The molecule has 2 heterocycles. The monoisotopic (exact) mass is 260 g/mol. The number of hydrogen-bond acceptors (Lipinski definition) is 4. The fourth-order valence-electron chi connectivity index (χ4n) is 1.70. The predicted octanol–water partition coefficient (Wildman–Crippen LogP) is 2.25. The lowest BCUT2D eigenvalue weighted by atomic mass is 10.0. The Morgan fingerprint density at radius 2 is 2.62 bits per heavy atom. The summed E-state index contributed by atoms with van der Waals surface area (Å²) in [5.41, 5.74) is 0.790. The predicted molar refractivity (Wildman–Crippen MR) is 63.8 cm³/mol. The van der Waals surface area contributed by atoms with Crippen molar-refractivity contribution in [2.45, 2.75) is 25.3 Å². The minimum Gasteiger partial charge on any atom is -0.378 e.